The van der Waals surface area contributed by atoms with Gasteiger partial charge in [-0.1, -0.05) is 32.4 Å². The average molecular weight is 361 g/mol. The van der Waals surface area contributed by atoms with E-state index >= 15 is 0 Å². The molecule has 0 radical (unpaired) electrons. The predicted molar refractivity (Wildman–Crippen MR) is 88.2 cm³/mol. The quantitative estimate of drug-likeness (QED) is 0.877. The third-order valence-electron chi connectivity index (χ3n) is 3.30. The number of rotatable bonds is 2. The van der Waals surface area contributed by atoms with E-state index in [2.05, 4.69) is 41.7 Å². The first-order valence-electron chi connectivity index (χ1n) is 6.41. The standard InChI is InChI=1S/C14H19BrClN3O/c1-14(2,3)8-7-9(16)12(20-4)11(10(8)15)19-6-5-18-13(19)17/h7H,5-6H2,1-4H3,(H2,17,18). The largest absolute Gasteiger partial charge is 0.493 e. The molecule has 1 aromatic carbocycles. The zero-order chi connectivity index (χ0) is 15.1. The molecular weight excluding hydrogens is 342 g/mol. The Morgan fingerprint density at radius 1 is 1.45 bits per heavy atom. The highest BCUT2D eigenvalue weighted by Gasteiger charge is 2.29. The van der Waals surface area contributed by atoms with E-state index in [1.807, 2.05) is 11.0 Å². The summed E-state index contributed by atoms with van der Waals surface area (Å²) in [7, 11) is 1.61. The second-order valence-corrected chi connectivity index (χ2v) is 6.94. The number of nitrogens with two attached hydrogens (primary N) is 1. The Hall–Kier alpha value is -0.940. The molecule has 0 saturated carbocycles. The van der Waals surface area contributed by atoms with Crippen LogP contribution in [0.2, 0.25) is 5.02 Å². The molecule has 1 heterocycles. The van der Waals surface area contributed by atoms with Gasteiger partial charge in [0.1, 0.15) is 5.69 Å². The van der Waals surface area contributed by atoms with Gasteiger partial charge in [0.05, 0.1) is 18.7 Å². The van der Waals surface area contributed by atoms with Crippen molar-refractivity contribution in [3.8, 4) is 5.75 Å². The lowest BCUT2D eigenvalue weighted by molar-refractivity contribution is 0.415. The molecule has 1 aliphatic rings. The van der Waals surface area contributed by atoms with Gasteiger partial charge in [-0.05, 0) is 33.0 Å². The van der Waals surface area contributed by atoms with Gasteiger partial charge < -0.3 is 15.4 Å². The van der Waals surface area contributed by atoms with Crippen LogP contribution in [0.5, 0.6) is 5.75 Å². The van der Waals surface area contributed by atoms with Gasteiger partial charge in [-0.25, -0.2) is 0 Å². The molecule has 0 amide bonds. The van der Waals surface area contributed by atoms with Crippen LogP contribution in [-0.2, 0) is 5.41 Å². The molecule has 0 unspecified atom stereocenters. The maximum absolute atomic E-state index is 6.39. The summed E-state index contributed by atoms with van der Waals surface area (Å²) < 4.78 is 6.42. The summed E-state index contributed by atoms with van der Waals surface area (Å²) >= 11 is 10.1. The molecule has 0 atom stereocenters. The van der Waals surface area contributed by atoms with Crippen molar-refractivity contribution >= 4 is 39.2 Å². The summed E-state index contributed by atoms with van der Waals surface area (Å²) in [5.41, 5.74) is 7.88. The van der Waals surface area contributed by atoms with Crippen molar-refractivity contribution in [2.75, 3.05) is 25.1 Å². The number of halogens is 2. The van der Waals surface area contributed by atoms with Crippen LogP contribution >= 0.6 is 27.5 Å². The third-order valence-corrected chi connectivity index (χ3v) is 4.39. The van der Waals surface area contributed by atoms with Gasteiger partial charge in [0.15, 0.2) is 11.7 Å². The fraction of sp³-hybridized carbons (Fsp3) is 0.500. The molecule has 110 valence electrons. The van der Waals surface area contributed by atoms with Crippen LogP contribution < -0.4 is 15.4 Å². The van der Waals surface area contributed by atoms with E-state index in [-0.39, 0.29) is 5.41 Å². The zero-order valence-electron chi connectivity index (χ0n) is 12.1. The normalized spacial score (nSPS) is 15.5. The lowest BCUT2D eigenvalue weighted by atomic mass is 9.86. The Morgan fingerprint density at radius 2 is 2.10 bits per heavy atom. The van der Waals surface area contributed by atoms with Gasteiger partial charge in [-0.2, -0.15) is 0 Å². The van der Waals surface area contributed by atoms with Crippen molar-refractivity contribution in [2.24, 2.45) is 10.7 Å². The Bertz CT molecular complexity index is 567. The highest BCUT2D eigenvalue weighted by atomic mass is 79.9. The molecule has 1 aromatic rings. The van der Waals surface area contributed by atoms with E-state index in [1.165, 1.54) is 0 Å². The SMILES string of the molecule is COc1c(Cl)cc(C(C)(C)C)c(Br)c1N1CCN=C1N. The first kappa shape index (κ1) is 15.4. The third kappa shape index (κ3) is 2.61. The second-order valence-electron chi connectivity index (χ2n) is 5.74. The number of aliphatic imine (C=N–C) groups is 1. The van der Waals surface area contributed by atoms with Gasteiger partial charge in [0, 0.05) is 11.0 Å². The Kier molecular flexibility index (Phi) is 4.21. The van der Waals surface area contributed by atoms with E-state index in [4.69, 9.17) is 22.1 Å². The number of ether oxygens (including phenoxy) is 1. The molecule has 0 bridgehead atoms. The summed E-state index contributed by atoms with van der Waals surface area (Å²) in [5.74, 6) is 1.11. The van der Waals surface area contributed by atoms with Crippen LogP contribution in [0.3, 0.4) is 0 Å². The number of nitrogens with zero attached hydrogens (tertiary/aromatic N) is 2. The van der Waals surface area contributed by atoms with Gasteiger partial charge in [-0.3, -0.25) is 4.99 Å². The van der Waals surface area contributed by atoms with Crippen molar-refractivity contribution < 1.29 is 4.74 Å². The van der Waals surface area contributed by atoms with Gasteiger partial charge >= 0.3 is 0 Å². The van der Waals surface area contributed by atoms with Crippen molar-refractivity contribution in [1.82, 2.24) is 0 Å². The molecule has 4 nitrogen and oxygen atoms in total. The highest BCUT2D eigenvalue weighted by molar-refractivity contribution is 9.10. The minimum Gasteiger partial charge on any atom is -0.493 e. The van der Waals surface area contributed by atoms with Gasteiger partial charge in [-0.15, -0.1) is 0 Å². The zero-order valence-corrected chi connectivity index (χ0v) is 14.5. The summed E-state index contributed by atoms with van der Waals surface area (Å²) in [6, 6.07) is 1.94. The number of hydrogen-bond donors (Lipinski definition) is 1. The molecule has 2 N–H and O–H groups in total. The molecular formula is C14H19BrClN3O. The van der Waals surface area contributed by atoms with Crippen molar-refractivity contribution in [3.05, 3.63) is 21.1 Å². The molecule has 0 aliphatic carbocycles. The topological polar surface area (TPSA) is 50.8 Å². The summed E-state index contributed by atoms with van der Waals surface area (Å²) in [4.78, 5) is 6.17. The number of benzene rings is 1. The van der Waals surface area contributed by atoms with E-state index in [1.54, 1.807) is 7.11 Å². The Balaban J connectivity index is 2.70. The van der Waals surface area contributed by atoms with E-state index < -0.39 is 0 Å². The molecule has 6 heteroatoms. The summed E-state index contributed by atoms with van der Waals surface area (Å²) in [6.07, 6.45) is 0. The second kappa shape index (κ2) is 5.45. The lowest BCUT2D eigenvalue weighted by Crippen LogP contribution is -2.34. The summed E-state index contributed by atoms with van der Waals surface area (Å²) in [6.45, 7) is 7.83. The molecule has 2 rings (SSSR count). The highest BCUT2D eigenvalue weighted by Crippen LogP contribution is 2.47. The number of hydrogen-bond acceptors (Lipinski definition) is 4. The maximum Gasteiger partial charge on any atom is 0.196 e. The number of methoxy groups -OCH3 is 1. The maximum atomic E-state index is 6.39. The van der Waals surface area contributed by atoms with Crippen molar-refractivity contribution in [1.29, 1.82) is 0 Å². The predicted octanol–water partition coefficient (Wildman–Crippen LogP) is 3.54. The fourth-order valence-electron chi connectivity index (χ4n) is 2.27. The minimum absolute atomic E-state index is 0.0465. The van der Waals surface area contributed by atoms with E-state index in [0.717, 1.165) is 22.3 Å². The Morgan fingerprint density at radius 3 is 2.55 bits per heavy atom. The van der Waals surface area contributed by atoms with Crippen molar-refractivity contribution in [3.63, 3.8) is 0 Å². The first-order chi connectivity index (χ1) is 9.27. The average Bonchev–Trinajstić information content (AvgIpc) is 2.75. The number of guanidine groups is 1. The molecule has 0 saturated heterocycles. The fourth-order valence-corrected chi connectivity index (χ4v) is 3.65. The van der Waals surface area contributed by atoms with Crippen LogP contribution in [0.15, 0.2) is 15.5 Å². The Labute approximate surface area is 133 Å². The van der Waals surface area contributed by atoms with Crippen LogP contribution in [0.1, 0.15) is 26.3 Å². The smallest absolute Gasteiger partial charge is 0.196 e. The minimum atomic E-state index is -0.0465. The van der Waals surface area contributed by atoms with Crippen LogP contribution in [-0.4, -0.2) is 26.2 Å². The molecule has 0 aromatic heterocycles. The molecule has 0 spiro atoms. The van der Waals surface area contributed by atoms with Gasteiger partial charge in [0.25, 0.3) is 0 Å². The molecule has 0 fully saturated rings. The van der Waals surface area contributed by atoms with Crippen molar-refractivity contribution in [2.45, 2.75) is 26.2 Å². The van der Waals surface area contributed by atoms with Gasteiger partial charge in [0.2, 0.25) is 0 Å². The molecule has 1 aliphatic heterocycles. The first-order valence-corrected chi connectivity index (χ1v) is 7.58. The molecule has 20 heavy (non-hydrogen) atoms. The van der Waals surface area contributed by atoms with Crippen LogP contribution in [0.4, 0.5) is 5.69 Å². The number of anilines is 1. The monoisotopic (exact) mass is 359 g/mol. The van der Waals surface area contributed by atoms with E-state index in [9.17, 15) is 0 Å². The lowest BCUT2D eigenvalue weighted by Gasteiger charge is -2.28. The van der Waals surface area contributed by atoms with E-state index in [0.29, 0.717) is 23.3 Å². The van der Waals surface area contributed by atoms with Crippen LogP contribution in [0, 0.1) is 0 Å². The summed E-state index contributed by atoms with van der Waals surface area (Å²) in [5, 5.41) is 0.579. The van der Waals surface area contributed by atoms with Crippen LogP contribution in [0.25, 0.3) is 0 Å².